The fraction of sp³-hybridized carbons (Fsp3) is 0.625. The molecule has 102 valence electrons. The lowest BCUT2D eigenvalue weighted by atomic mass is 9.99. The van der Waals surface area contributed by atoms with Crippen LogP contribution in [0.1, 0.15) is 32.3 Å². The molecule has 0 saturated carbocycles. The Labute approximate surface area is 112 Å². The Morgan fingerprint density at radius 3 is 2.17 bits per heavy atom. The molecule has 1 aromatic rings. The van der Waals surface area contributed by atoms with Crippen LogP contribution in [0.4, 0.5) is 0 Å². The van der Waals surface area contributed by atoms with Gasteiger partial charge in [0.2, 0.25) is 0 Å². The summed E-state index contributed by atoms with van der Waals surface area (Å²) in [5, 5.41) is 3.71. The first-order chi connectivity index (χ1) is 8.50. The SMILES string of the molecule is CC(CNC(CN(C)C)C(C)C)c1ccccc1. The topological polar surface area (TPSA) is 15.3 Å². The average Bonchev–Trinajstić information content (AvgIpc) is 2.34. The Bertz CT molecular complexity index is 319. The molecule has 0 aromatic heterocycles. The summed E-state index contributed by atoms with van der Waals surface area (Å²) in [6.45, 7) is 9.00. The van der Waals surface area contributed by atoms with Gasteiger partial charge in [0.05, 0.1) is 0 Å². The Hall–Kier alpha value is -0.860. The second kappa shape index (κ2) is 7.55. The van der Waals surface area contributed by atoms with Crippen LogP contribution in [0.3, 0.4) is 0 Å². The first-order valence-corrected chi connectivity index (χ1v) is 6.93. The molecule has 18 heavy (non-hydrogen) atoms. The largest absolute Gasteiger partial charge is 0.312 e. The molecule has 0 aliphatic rings. The van der Waals surface area contributed by atoms with Crippen molar-refractivity contribution in [2.24, 2.45) is 5.92 Å². The van der Waals surface area contributed by atoms with E-state index < -0.39 is 0 Å². The Morgan fingerprint density at radius 2 is 1.67 bits per heavy atom. The molecule has 1 aromatic carbocycles. The third kappa shape index (κ3) is 5.19. The summed E-state index contributed by atoms with van der Waals surface area (Å²) in [6, 6.07) is 11.3. The first-order valence-electron chi connectivity index (χ1n) is 6.93. The molecule has 0 fully saturated rings. The third-order valence-electron chi connectivity index (χ3n) is 3.42. The van der Waals surface area contributed by atoms with Gasteiger partial charge in [0.25, 0.3) is 0 Å². The van der Waals surface area contributed by atoms with E-state index in [0.717, 1.165) is 13.1 Å². The van der Waals surface area contributed by atoms with Crippen molar-refractivity contribution in [1.82, 2.24) is 10.2 Å². The first kappa shape index (κ1) is 15.2. The Kier molecular flexibility index (Phi) is 6.37. The van der Waals surface area contributed by atoms with E-state index in [2.05, 4.69) is 75.4 Å². The predicted molar refractivity (Wildman–Crippen MR) is 80.0 cm³/mol. The molecule has 1 rings (SSSR count). The van der Waals surface area contributed by atoms with Crippen molar-refractivity contribution in [3.05, 3.63) is 35.9 Å². The maximum atomic E-state index is 3.71. The van der Waals surface area contributed by atoms with Gasteiger partial charge in [0.1, 0.15) is 0 Å². The fourth-order valence-electron chi connectivity index (χ4n) is 2.13. The molecule has 0 radical (unpaired) electrons. The number of rotatable bonds is 7. The van der Waals surface area contributed by atoms with Gasteiger partial charge in [0, 0.05) is 19.1 Å². The molecule has 0 bridgehead atoms. The smallest absolute Gasteiger partial charge is 0.0217 e. The van der Waals surface area contributed by atoms with Crippen molar-refractivity contribution >= 4 is 0 Å². The molecule has 2 unspecified atom stereocenters. The second-order valence-corrected chi connectivity index (χ2v) is 5.83. The van der Waals surface area contributed by atoms with Crippen molar-refractivity contribution in [3.8, 4) is 0 Å². The van der Waals surface area contributed by atoms with Crippen LogP contribution in [0.5, 0.6) is 0 Å². The molecular weight excluding hydrogens is 220 g/mol. The number of likely N-dealkylation sites (N-methyl/N-ethyl adjacent to an activating group) is 1. The van der Waals surface area contributed by atoms with Crippen molar-refractivity contribution in [3.63, 3.8) is 0 Å². The van der Waals surface area contributed by atoms with E-state index in [1.54, 1.807) is 0 Å². The van der Waals surface area contributed by atoms with Gasteiger partial charge in [-0.25, -0.2) is 0 Å². The highest BCUT2D eigenvalue weighted by Crippen LogP contribution is 2.14. The van der Waals surface area contributed by atoms with E-state index in [1.807, 2.05) is 0 Å². The third-order valence-corrected chi connectivity index (χ3v) is 3.42. The molecule has 0 heterocycles. The summed E-state index contributed by atoms with van der Waals surface area (Å²) >= 11 is 0. The zero-order chi connectivity index (χ0) is 13.5. The van der Waals surface area contributed by atoms with Gasteiger partial charge in [-0.3, -0.25) is 0 Å². The molecule has 0 aliphatic heterocycles. The van der Waals surface area contributed by atoms with E-state index in [1.165, 1.54) is 5.56 Å². The van der Waals surface area contributed by atoms with Gasteiger partial charge in [-0.1, -0.05) is 51.1 Å². The summed E-state index contributed by atoms with van der Waals surface area (Å²) in [6.07, 6.45) is 0. The summed E-state index contributed by atoms with van der Waals surface area (Å²) in [5.74, 6) is 1.23. The van der Waals surface area contributed by atoms with Gasteiger partial charge in [-0.05, 0) is 31.5 Å². The standard InChI is InChI=1S/C16H28N2/c1-13(2)16(12-18(4)5)17-11-14(3)15-9-7-6-8-10-15/h6-10,13-14,16-17H,11-12H2,1-5H3. The minimum Gasteiger partial charge on any atom is -0.312 e. The summed E-state index contributed by atoms with van der Waals surface area (Å²) < 4.78 is 0. The van der Waals surface area contributed by atoms with Crippen LogP contribution in [-0.4, -0.2) is 38.1 Å². The molecule has 0 spiro atoms. The van der Waals surface area contributed by atoms with Crippen molar-refractivity contribution in [2.45, 2.75) is 32.7 Å². The second-order valence-electron chi connectivity index (χ2n) is 5.83. The van der Waals surface area contributed by atoms with Crippen molar-refractivity contribution in [2.75, 3.05) is 27.2 Å². The van der Waals surface area contributed by atoms with Gasteiger partial charge in [0.15, 0.2) is 0 Å². The van der Waals surface area contributed by atoms with Crippen LogP contribution in [0.25, 0.3) is 0 Å². The predicted octanol–water partition coefficient (Wildman–Crippen LogP) is 2.97. The molecule has 0 saturated heterocycles. The molecule has 2 heteroatoms. The minimum absolute atomic E-state index is 0.561. The van der Waals surface area contributed by atoms with Crippen LogP contribution in [-0.2, 0) is 0 Å². The monoisotopic (exact) mass is 248 g/mol. The lowest BCUT2D eigenvalue weighted by Gasteiger charge is -2.27. The number of nitrogens with one attached hydrogen (secondary N) is 1. The molecule has 0 amide bonds. The summed E-state index contributed by atoms with van der Waals surface area (Å²) in [5.41, 5.74) is 1.41. The van der Waals surface area contributed by atoms with E-state index in [-0.39, 0.29) is 0 Å². The molecule has 2 nitrogen and oxygen atoms in total. The summed E-state index contributed by atoms with van der Waals surface area (Å²) in [7, 11) is 4.27. The number of nitrogens with zero attached hydrogens (tertiary/aromatic N) is 1. The van der Waals surface area contributed by atoms with Crippen LogP contribution in [0.2, 0.25) is 0 Å². The normalized spacial score (nSPS) is 15.1. The number of hydrogen-bond acceptors (Lipinski definition) is 2. The van der Waals surface area contributed by atoms with Crippen LogP contribution >= 0.6 is 0 Å². The van der Waals surface area contributed by atoms with Gasteiger partial charge in [-0.15, -0.1) is 0 Å². The maximum Gasteiger partial charge on any atom is 0.0217 e. The highest BCUT2D eigenvalue weighted by molar-refractivity contribution is 5.19. The fourth-order valence-corrected chi connectivity index (χ4v) is 2.13. The maximum absolute atomic E-state index is 3.71. The quantitative estimate of drug-likeness (QED) is 0.798. The molecule has 0 aliphatic carbocycles. The highest BCUT2D eigenvalue weighted by atomic mass is 15.1. The average molecular weight is 248 g/mol. The highest BCUT2D eigenvalue weighted by Gasteiger charge is 2.15. The Balaban J connectivity index is 2.47. The minimum atomic E-state index is 0.561. The number of benzene rings is 1. The van der Waals surface area contributed by atoms with Crippen LogP contribution in [0.15, 0.2) is 30.3 Å². The van der Waals surface area contributed by atoms with E-state index >= 15 is 0 Å². The van der Waals surface area contributed by atoms with Gasteiger partial charge >= 0.3 is 0 Å². The zero-order valence-corrected chi connectivity index (χ0v) is 12.5. The van der Waals surface area contributed by atoms with E-state index in [9.17, 15) is 0 Å². The lowest BCUT2D eigenvalue weighted by Crippen LogP contribution is -2.43. The zero-order valence-electron chi connectivity index (χ0n) is 12.5. The van der Waals surface area contributed by atoms with Crippen LogP contribution in [0, 0.1) is 5.92 Å². The van der Waals surface area contributed by atoms with Crippen molar-refractivity contribution in [1.29, 1.82) is 0 Å². The van der Waals surface area contributed by atoms with Crippen LogP contribution < -0.4 is 5.32 Å². The molecular formula is C16H28N2. The molecule has 1 N–H and O–H groups in total. The van der Waals surface area contributed by atoms with Crippen molar-refractivity contribution < 1.29 is 0 Å². The van der Waals surface area contributed by atoms with E-state index in [0.29, 0.717) is 17.9 Å². The number of hydrogen-bond donors (Lipinski definition) is 1. The van der Waals surface area contributed by atoms with Gasteiger partial charge in [-0.2, -0.15) is 0 Å². The Morgan fingerprint density at radius 1 is 1.06 bits per heavy atom. The molecule has 2 atom stereocenters. The lowest BCUT2D eigenvalue weighted by molar-refractivity contribution is 0.286. The van der Waals surface area contributed by atoms with Gasteiger partial charge < -0.3 is 10.2 Å². The van der Waals surface area contributed by atoms with E-state index in [4.69, 9.17) is 0 Å². The summed E-state index contributed by atoms with van der Waals surface area (Å²) in [4.78, 5) is 2.25.